The minimum absolute atomic E-state index is 0.0232. The molecule has 0 radical (unpaired) electrons. The average Bonchev–Trinajstić information content (AvgIpc) is 3.00. The second-order valence-corrected chi connectivity index (χ2v) is 11.6. The van der Waals surface area contributed by atoms with Gasteiger partial charge in [-0.25, -0.2) is 19.3 Å². The number of carbonyl (C=O) groups is 1. The van der Waals surface area contributed by atoms with E-state index in [0.717, 1.165) is 0 Å². The SMILES string of the molecule is C#Cc1c(N2CCN(C(=O)C=C)CC2)c2cc(Cl)c(-c3c(N)cccc3F)nc2n(-c2c(C(C)C)ncnc2C(C)C)c1=O. The van der Waals surface area contributed by atoms with E-state index in [1.807, 2.05) is 32.6 Å². The molecule has 1 aliphatic heterocycles. The first-order valence-electron chi connectivity index (χ1n) is 14.3. The standard InChI is InChI=1S/C33H33ClFN7O2/c1-7-20-30(41-14-12-40(13-15-41)25(43)8-2)21-16-22(34)29(26-23(35)10-9-11-24(26)36)39-32(21)42(33(20)44)31-27(18(3)4)37-17-38-28(31)19(5)6/h1,8-11,16-19H,2,12-15,36H2,3-6H3. The summed E-state index contributed by atoms with van der Waals surface area (Å²) in [6.07, 6.45) is 8.83. The van der Waals surface area contributed by atoms with Crippen LogP contribution in [-0.2, 0) is 4.79 Å². The molecule has 11 heteroatoms. The Morgan fingerprint density at radius 2 is 1.75 bits per heavy atom. The van der Waals surface area contributed by atoms with Crippen LogP contribution >= 0.6 is 11.6 Å². The lowest BCUT2D eigenvalue weighted by atomic mass is 10.00. The number of carbonyl (C=O) groups excluding carboxylic acids is 1. The number of aromatic nitrogens is 4. The van der Waals surface area contributed by atoms with Crippen LogP contribution in [0.1, 0.15) is 56.5 Å². The quantitative estimate of drug-likeness (QED) is 0.179. The van der Waals surface area contributed by atoms with Crippen molar-refractivity contribution in [3.8, 4) is 29.3 Å². The smallest absolute Gasteiger partial charge is 0.274 e. The van der Waals surface area contributed by atoms with Gasteiger partial charge in [0.15, 0.2) is 0 Å². The van der Waals surface area contributed by atoms with E-state index >= 15 is 4.39 Å². The van der Waals surface area contributed by atoms with Crippen LogP contribution in [0.15, 0.2) is 48.0 Å². The van der Waals surface area contributed by atoms with Gasteiger partial charge in [0.2, 0.25) is 5.91 Å². The molecule has 1 aliphatic rings. The highest BCUT2D eigenvalue weighted by molar-refractivity contribution is 6.34. The molecule has 4 aromatic rings. The van der Waals surface area contributed by atoms with E-state index < -0.39 is 11.4 Å². The summed E-state index contributed by atoms with van der Waals surface area (Å²) in [5, 5.41) is 0.611. The van der Waals surface area contributed by atoms with Crippen LogP contribution in [0.3, 0.4) is 0 Å². The van der Waals surface area contributed by atoms with Gasteiger partial charge >= 0.3 is 0 Å². The molecule has 1 saturated heterocycles. The number of fused-ring (bicyclic) bond motifs is 1. The molecule has 0 saturated carbocycles. The third kappa shape index (κ3) is 5.18. The number of hydrogen-bond donors (Lipinski definition) is 1. The van der Waals surface area contributed by atoms with E-state index in [9.17, 15) is 9.59 Å². The Bertz CT molecular complexity index is 1860. The second-order valence-electron chi connectivity index (χ2n) is 11.2. The fourth-order valence-corrected chi connectivity index (χ4v) is 5.91. The fourth-order valence-electron chi connectivity index (χ4n) is 5.66. The zero-order valence-corrected chi connectivity index (χ0v) is 25.8. The van der Waals surface area contributed by atoms with Crippen LogP contribution in [0.4, 0.5) is 15.8 Å². The van der Waals surface area contributed by atoms with Gasteiger partial charge < -0.3 is 15.5 Å². The van der Waals surface area contributed by atoms with Gasteiger partial charge in [0.25, 0.3) is 5.56 Å². The normalized spacial score (nSPS) is 13.5. The number of benzene rings is 1. The molecule has 226 valence electrons. The first kappa shape index (κ1) is 30.7. The molecule has 1 fully saturated rings. The Morgan fingerprint density at radius 1 is 1.11 bits per heavy atom. The first-order chi connectivity index (χ1) is 21.0. The third-order valence-corrected chi connectivity index (χ3v) is 8.07. The number of halogens is 2. The molecule has 0 aliphatic carbocycles. The lowest BCUT2D eigenvalue weighted by Crippen LogP contribution is -2.49. The summed E-state index contributed by atoms with van der Waals surface area (Å²) in [6, 6.07) is 5.98. The second kappa shape index (κ2) is 12.1. The average molecular weight is 614 g/mol. The van der Waals surface area contributed by atoms with Crippen molar-refractivity contribution in [2.24, 2.45) is 0 Å². The van der Waals surface area contributed by atoms with Gasteiger partial charge in [-0.3, -0.25) is 14.2 Å². The van der Waals surface area contributed by atoms with Gasteiger partial charge in [-0.05, 0) is 36.1 Å². The minimum Gasteiger partial charge on any atom is -0.398 e. The van der Waals surface area contributed by atoms with Crippen molar-refractivity contribution in [3.05, 3.63) is 81.4 Å². The number of pyridine rings is 2. The van der Waals surface area contributed by atoms with Crippen LogP contribution < -0.4 is 16.2 Å². The topological polar surface area (TPSA) is 110 Å². The molecule has 0 atom stereocenters. The Morgan fingerprint density at radius 3 is 2.30 bits per heavy atom. The van der Waals surface area contributed by atoms with Gasteiger partial charge in [0.1, 0.15) is 23.4 Å². The molecule has 0 unspecified atom stereocenters. The molecule has 2 N–H and O–H groups in total. The number of anilines is 2. The van der Waals surface area contributed by atoms with Crippen molar-refractivity contribution in [1.29, 1.82) is 0 Å². The summed E-state index contributed by atoms with van der Waals surface area (Å²) in [5.74, 6) is 1.66. The highest BCUT2D eigenvalue weighted by atomic mass is 35.5. The highest BCUT2D eigenvalue weighted by Crippen LogP contribution is 2.39. The van der Waals surface area contributed by atoms with Gasteiger partial charge in [-0.2, -0.15) is 0 Å². The summed E-state index contributed by atoms with van der Waals surface area (Å²) in [6.45, 7) is 13.1. The van der Waals surface area contributed by atoms with Crippen molar-refractivity contribution >= 4 is 39.9 Å². The van der Waals surface area contributed by atoms with Crippen LogP contribution in [-0.4, -0.2) is 56.5 Å². The van der Waals surface area contributed by atoms with Gasteiger partial charge in [-0.15, -0.1) is 6.42 Å². The van der Waals surface area contributed by atoms with Gasteiger partial charge in [0, 0.05) is 37.3 Å². The van der Waals surface area contributed by atoms with Gasteiger partial charge in [0.05, 0.1) is 39.0 Å². The van der Waals surface area contributed by atoms with Crippen molar-refractivity contribution in [1.82, 2.24) is 24.4 Å². The summed E-state index contributed by atoms with van der Waals surface area (Å²) < 4.78 is 16.7. The zero-order chi connectivity index (χ0) is 31.9. The Balaban J connectivity index is 1.92. The van der Waals surface area contributed by atoms with Crippen molar-refractivity contribution in [2.45, 2.75) is 39.5 Å². The number of hydrogen-bond acceptors (Lipinski definition) is 7. The van der Waals surface area contributed by atoms with Crippen LogP contribution in [0.2, 0.25) is 5.02 Å². The largest absolute Gasteiger partial charge is 0.398 e. The number of terminal acetylenes is 1. The van der Waals surface area contributed by atoms with E-state index in [2.05, 4.69) is 22.5 Å². The number of piperazine rings is 1. The summed E-state index contributed by atoms with van der Waals surface area (Å²) >= 11 is 6.84. The Labute approximate surface area is 260 Å². The summed E-state index contributed by atoms with van der Waals surface area (Å²) in [5.41, 5.74) is 8.46. The lowest BCUT2D eigenvalue weighted by Gasteiger charge is -2.37. The number of nitrogens with two attached hydrogens (primary N) is 1. The summed E-state index contributed by atoms with van der Waals surface area (Å²) in [7, 11) is 0. The molecule has 0 spiro atoms. The molecule has 3 aromatic heterocycles. The molecule has 44 heavy (non-hydrogen) atoms. The van der Waals surface area contributed by atoms with Gasteiger partial charge in [-0.1, -0.05) is 57.9 Å². The van der Waals surface area contributed by atoms with Crippen molar-refractivity contribution < 1.29 is 9.18 Å². The monoisotopic (exact) mass is 613 g/mol. The Kier molecular flexibility index (Phi) is 8.44. The van der Waals surface area contributed by atoms with E-state index in [1.54, 1.807) is 17.0 Å². The number of nitrogen functional groups attached to an aromatic ring is 1. The van der Waals surface area contributed by atoms with E-state index in [-0.39, 0.29) is 50.9 Å². The van der Waals surface area contributed by atoms with Crippen LogP contribution in [0.5, 0.6) is 0 Å². The molecule has 5 rings (SSSR count). The van der Waals surface area contributed by atoms with E-state index in [1.165, 1.54) is 29.1 Å². The maximum absolute atomic E-state index is 15.2. The van der Waals surface area contributed by atoms with Crippen molar-refractivity contribution in [3.63, 3.8) is 0 Å². The molecular formula is C33H33ClFN7O2. The maximum Gasteiger partial charge on any atom is 0.274 e. The first-order valence-corrected chi connectivity index (χ1v) is 14.7. The fraction of sp³-hybridized carbons (Fsp3) is 0.303. The van der Waals surface area contributed by atoms with E-state index in [4.69, 9.17) is 28.7 Å². The van der Waals surface area contributed by atoms with E-state index in [0.29, 0.717) is 54.3 Å². The molecule has 0 bridgehead atoms. The van der Waals surface area contributed by atoms with Crippen molar-refractivity contribution in [2.75, 3.05) is 36.8 Å². The summed E-state index contributed by atoms with van der Waals surface area (Å²) in [4.78, 5) is 44.5. The lowest BCUT2D eigenvalue weighted by molar-refractivity contribution is -0.126. The zero-order valence-electron chi connectivity index (χ0n) is 25.1. The molecule has 4 heterocycles. The Hall–Kier alpha value is -4.75. The highest BCUT2D eigenvalue weighted by Gasteiger charge is 2.30. The van der Waals surface area contributed by atoms with Crippen LogP contribution in [0.25, 0.3) is 28.0 Å². The predicted molar refractivity (Wildman–Crippen MR) is 173 cm³/mol. The number of rotatable bonds is 6. The predicted octanol–water partition coefficient (Wildman–Crippen LogP) is 5.28. The minimum atomic E-state index is -0.607. The molecule has 1 amide bonds. The number of nitrogens with zero attached hydrogens (tertiary/aromatic N) is 6. The molecule has 9 nitrogen and oxygen atoms in total. The molecular weight excluding hydrogens is 581 g/mol. The third-order valence-electron chi connectivity index (χ3n) is 7.78. The van der Waals surface area contributed by atoms with Crippen LogP contribution in [0, 0.1) is 18.2 Å². The molecule has 1 aromatic carbocycles. The number of amides is 1. The maximum atomic E-state index is 15.2.